The third-order valence-corrected chi connectivity index (χ3v) is 8.03. The van der Waals surface area contributed by atoms with Crippen LogP contribution in [0.4, 0.5) is 8.78 Å². The second kappa shape index (κ2) is 8.23. The monoisotopic (exact) mass is 437 g/mol. The summed E-state index contributed by atoms with van der Waals surface area (Å²) in [6.07, 6.45) is 3.78. The molecule has 0 unspecified atom stereocenters. The Kier molecular flexibility index (Phi) is 5.92. The lowest BCUT2D eigenvalue weighted by Crippen LogP contribution is -2.58. The van der Waals surface area contributed by atoms with Gasteiger partial charge in [-0.25, -0.2) is 0 Å². The highest BCUT2D eigenvalue weighted by Crippen LogP contribution is 2.71. The summed E-state index contributed by atoms with van der Waals surface area (Å²) in [5.41, 5.74) is 0.483. The Balaban J connectivity index is 1.71. The number of benzene rings is 1. The lowest BCUT2D eigenvalue weighted by Gasteiger charge is -2.53. The molecule has 1 aromatic rings. The van der Waals surface area contributed by atoms with Gasteiger partial charge in [0.05, 0.1) is 13.2 Å². The van der Waals surface area contributed by atoms with Crippen molar-refractivity contribution in [2.45, 2.75) is 71.6 Å². The number of nitrogens with one attached hydrogen (secondary N) is 1. The minimum Gasteiger partial charge on any atom is -0.493 e. The first kappa shape index (κ1) is 22.3. The van der Waals surface area contributed by atoms with Gasteiger partial charge in [0.1, 0.15) is 0 Å². The Bertz CT molecular complexity index is 830. The lowest BCUT2D eigenvalue weighted by molar-refractivity contribution is -0.138. The molecule has 5 nitrogen and oxygen atoms in total. The molecule has 1 saturated heterocycles. The molecule has 1 aliphatic heterocycles. The van der Waals surface area contributed by atoms with Gasteiger partial charge in [-0.2, -0.15) is 8.78 Å². The van der Waals surface area contributed by atoms with Crippen LogP contribution in [0.2, 0.25) is 0 Å². The van der Waals surface area contributed by atoms with Gasteiger partial charge in [0.2, 0.25) is 5.91 Å². The second-order valence-electron chi connectivity index (χ2n) is 9.85. The molecule has 1 spiro atoms. The summed E-state index contributed by atoms with van der Waals surface area (Å²) in [6.45, 7) is 4.08. The Morgan fingerprint density at radius 3 is 2.81 bits per heavy atom. The van der Waals surface area contributed by atoms with Crippen LogP contribution in [0.3, 0.4) is 0 Å². The van der Waals surface area contributed by atoms with Crippen molar-refractivity contribution in [3.63, 3.8) is 0 Å². The van der Waals surface area contributed by atoms with Crippen molar-refractivity contribution in [2.75, 3.05) is 13.7 Å². The van der Waals surface area contributed by atoms with E-state index >= 15 is 0 Å². The number of ether oxygens (including phenoxy) is 3. The molecule has 1 N–H and O–H groups in total. The maximum Gasteiger partial charge on any atom is 0.387 e. The molecule has 1 aromatic carbocycles. The van der Waals surface area contributed by atoms with Gasteiger partial charge in [-0.3, -0.25) is 4.79 Å². The van der Waals surface area contributed by atoms with Crippen LogP contribution in [0.1, 0.15) is 64.5 Å². The van der Waals surface area contributed by atoms with Crippen molar-refractivity contribution in [3.05, 3.63) is 23.8 Å². The van der Waals surface area contributed by atoms with Crippen molar-refractivity contribution in [2.24, 2.45) is 22.7 Å². The molecule has 4 rings (SSSR count). The number of hydrogen-bond acceptors (Lipinski definition) is 4. The molecule has 3 fully saturated rings. The van der Waals surface area contributed by atoms with Crippen LogP contribution in [-0.2, 0) is 9.53 Å². The molecule has 2 saturated carbocycles. The van der Waals surface area contributed by atoms with Crippen LogP contribution in [-0.4, -0.2) is 32.3 Å². The van der Waals surface area contributed by atoms with Gasteiger partial charge < -0.3 is 19.5 Å². The predicted molar refractivity (Wildman–Crippen MR) is 112 cm³/mol. The number of carbonyl (C=O) groups excluding carboxylic acids is 1. The fourth-order valence-corrected chi connectivity index (χ4v) is 6.69. The molecule has 1 amide bonds. The van der Waals surface area contributed by atoms with E-state index in [1.807, 2.05) is 6.92 Å². The van der Waals surface area contributed by atoms with Gasteiger partial charge in [-0.05, 0) is 54.4 Å². The molecule has 0 radical (unpaired) electrons. The molecule has 7 heteroatoms. The summed E-state index contributed by atoms with van der Waals surface area (Å²) in [5, 5.41) is 3.36. The smallest absolute Gasteiger partial charge is 0.387 e. The van der Waals surface area contributed by atoms with E-state index in [1.54, 1.807) is 18.2 Å². The Labute approximate surface area is 182 Å². The number of halogens is 2. The number of hydrogen-bond donors (Lipinski definition) is 1. The number of carbonyl (C=O) groups is 1. The second-order valence-corrected chi connectivity index (χ2v) is 9.85. The molecule has 31 heavy (non-hydrogen) atoms. The number of fused-ring (bicyclic) bond motifs is 1. The number of amides is 1. The van der Waals surface area contributed by atoms with E-state index in [0.29, 0.717) is 24.5 Å². The number of rotatable bonds is 7. The van der Waals surface area contributed by atoms with Crippen molar-refractivity contribution in [1.82, 2.24) is 5.32 Å². The third kappa shape index (κ3) is 3.59. The molecular formula is C24H33F2NO4. The fraction of sp³-hybridized carbons (Fsp3) is 0.708. The van der Waals surface area contributed by atoms with E-state index in [9.17, 15) is 13.6 Å². The van der Waals surface area contributed by atoms with Crippen LogP contribution in [0, 0.1) is 22.7 Å². The number of alkyl halides is 2. The molecule has 172 valence electrons. The Hall–Kier alpha value is -1.89. The quantitative estimate of drug-likeness (QED) is 0.645. The molecule has 1 heterocycles. The van der Waals surface area contributed by atoms with Gasteiger partial charge >= 0.3 is 6.61 Å². The highest BCUT2D eigenvalue weighted by atomic mass is 19.3. The highest BCUT2D eigenvalue weighted by molar-refractivity contribution is 5.76. The zero-order valence-electron chi connectivity index (χ0n) is 18.8. The summed E-state index contributed by atoms with van der Waals surface area (Å²) < 4.78 is 42.9. The van der Waals surface area contributed by atoms with Crippen LogP contribution in [0.15, 0.2) is 18.2 Å². The molecule has 3 aliphatic rings. The van der Waals surface area contributed by atoms with E-state index in [2.05, 4.69) is 19.2 Å². The minimum atomic E-state index is -2.95. The van der Waals surface area contributed by atoms with Gasteiger partial charge in [0.15, 0.2) is 11.5 Å². The van der Waals surface area contributed by atoms with Crippen molar-refractivity contribution in [3.8, 4) is 11.5 Å². The topological polar surface area (TPSA) is 56.8 Å². The van der Waals surface area contributed by atoms with Gasteiger partial charge in [-0.15, -0.1) is 0 Å². The third-order valence-electron chi connectivity index (χ3n) is 8.03. The fourth-order valence-electron chi connectivity index (χ4n) is 6.69. The Morgan fingerprint density at radius 1 is 1.35 bits per heavy atom. The van der Waals surface area contributed by atoms with Crippen molar-refractivity contribution < 1.29 is 27.8 Å². The summed E-state index contributed by atoms with van der Waals surface area (Å²) >= 11 is 0. The first-order valence-electron chi connectivity index (χ1n) is 11.3. The summed E-state index contributed by atoms with van der Waals surface area (Å²) in [6, 6.07) is 5.25. The van der Waals surface area contributed by atoms with Crippen LogP contribution in [0.25, 0.3) is 0 Å². The van der Waals surface area contributed by atoms with Crippen molar-refractivity contribution >= 4 is 5.91 Å². The normalized spacial score (nSPS) is 33.3. The van der Waals surface area contributed by atoms with Gasteiger partial charge in [-0.1, -0.05) is 32.9 Å². The van der Waals surface area contributed by atoms with Crippen LogP contribution in [0.5, 0.6) is 11.5 Å². The number of methoxy groups -OCH3 is 1. The molecule has 2 bridgehead atoms. The maximum atomic E-state index is 13.2. The SMILES string of the molecule is CCCC(=O)N[C@H]1C(C)(C)[C@@H]2C[C@@H]3[C@@H](c4cccc(OC)c4OC(F)F)OCC[C@@]31C2. The average Bonchev–Trinajstić information content (AvgIpc) is 3.20. The van der Waals surface area contributed by atoms with E-state index in [1.165, 1.54) is 7.11 Å². The van der Waals surface area contributed by atoms with E-state index < -0.39 is 6.61 Å². The minimum absolute atomic E-state index is 0.0154. The maximum absolute atomic E-state index is 13.2. The lowest BCUT2D eigenvalue weighted by atomic mass is 9.58. The van der Waals surface area contributed by atoms with E-state index in [-0.39, 0.29) is 46.3 Å². The first-order valence-corrected chi connectivity index (χ1v) is 11.3. The standard InChI is InChI=1S/C24H33F2NO4/c1-5-7-18(28)27-21-23(2,3)14-12-16-19(30-11-10-24(16,21)13-14)15-8-6-9-17(29-4)20(15)31-22(25)26/h6,8-9,14,16,19,21-22H,5,7,10-13H2,1-4H3,(H,27,28)/t14-,16-,19-,21+,24-/m1/s1. The van der Waals surface area contributed by atoms with Gasteiger partial charge in [0.25, 0.3) is 0 Å². The summed E-state index contributed by atoms with van der Waals surface area (Å²) in [7, 11) is 1.44. The predicted octanol–water partition coefficient (Wildman–Crippen LogP) is 5.10. The Morgan fingerprint density at radius 2 is 2.13 bits per heavy atom. The summed E-state index contributed by atoms with van der Waals surface area (Å²) in [5.74, 6) is 0.984. The van der Waals surface area contributed by atoms with Gasteiger partial charge in [0, 0.05) is 24.6 Å². The van der Waals surface area contributed by atoms with Crippen LogP contribution < -0.4 is 14.8 Å². The average molecular weight is 438 g/mol. The van der Waals surface area contributed by atoms with Crippen LogP contribution >= 0.6 is 0 Å². The van der Waals surface area contributed by atoms with E-state index in [4.69, 9.17) is 14.2 Å². The molecular weight excluding hydrogens is 404 g/mol. The molecule has 0 aromatic heterocycles. The first-order chi connectivity index (χ1) is 14.7. The highest BCUT2D eigenvalue weighted by Gasteiger charge is 2.68. The molecule has 2 aliphatic carbocycles. The van der Waals surface area contributed by atoms with E-state index in [0.717, 1.165) is 25.7 Å². The largest absolute Gasteiger partial charge is 0.493 e. The zero-order valence-corrected chi connectivity index (χ0v) is 18.8. The number of para-hydroxylation sites is 1. The molecule has 5 atom stereocenters. The van der Waals surface area contributed by atoms with Crippen molar-refractivity contribution in [1.29, 1.82) is 0 Å². The summed E-state index contributed by atoms with van der Waals surface area (Å²) in [4.78, 5) is 12.6. The zero-order chi connectivity index (χ0) is 22.4.